The summed E-state index contributed by atoms with van der Waals surface area (Å²) >= 11 is 0. The molecule has 0 fully saturated rings. The van der Waals surface area contributed by atoms with E-state index in [0.29, 0.717) is 28.2 Å². The van der Waals surface area contributed by atoms with Crippen molar-refractivity contribution >= 4 is 84.9 Å². The minimum Gasteiger partial charge on any atom is -0.354 e. The van der Waals surface area contributed by atoms with Gasteiger partial charge in [0.15, 0.2) is 0 Å². The Morgan fingerprint density at radius 3 is 1.11 bits per heavy atom. The van der Waals surface area contributed by atoms with E-state index >= 15 is 9.59 Å². The fourth-order valence-corrected chi connectivity index (χ4v) is 15.6. The van der Waals surface area contributed by atoms with Crippen LogP contribution >= 0.6 is 0 Å². The molecule has 0 spiro atoms. The van der Waals surface area contributed by atoms with Crippen LogP contribution in [0.25, 0.3) is 95.4 Å². The van der Waals surface area contributed by atoms with Crippen LogP contribution < -0.4 is 20.8 Å². The monoisotopic (exact) mass is 1480 g/mol. The van der Waals surface area contributed by atoms with E-state index in [1.165, 1.54) is 44.5 Å². The Bertz CT molecular complexity index is 6260. The topological polar surface area (TPSA) is 152 Å². The summed E-state index contributed by atoms with van der Waals surface area (Å²) in [5.41, 5.74) is 28.6. The lowest BCUT2D eigenvalue weighted by Crippen LogP contribution is -2.23. The van der Waals surface area contributed by atoms with Crippen LogP contribution in [0.4, 0.5) is 0 Å². The van der Waals surface area contributed by atoms with Gasteiger partial charge in [-0.25, -0.2) is 9.98 Å². The first-order valence-electron chi connectivity index (χ1n) is 39.8. The van der Waals surface area contributed by atoms with Crippen LogP contribution in [0.15, 0.2) is 198 Å². The van der Waals surface area contributed by atoms with Crippen molar-refractivity contribution in [3.63, 3.8) is 0 Å². The Hall–Kier alpha value is -11.2. The van der Waals surface area contributed by atoms with E-state index in [1.807, 2.05) is 42.5 Å². The molecular weight excluding hydrogens is 1370 g/mol. The van der Waals surface area contributed by atoms with Gasteiger partial charge in [0.1, 0.15) is 0 Å². The quantitative estimate of drug-likeness (QED) is 0.105. The molecule has 568 valence electrons. The molecule has 0 saturated carbocycles. The van der Waals surface area contributed by atoms with Gasteiger partial charge in [0.2, 0.25) is 5.43 Å². The Morgan fingerprint density at radius 2 is 0.652 bits per heavy atom. The van der Waals surface area contributed by atoms with Crippen LogP contribution in [-0.2, 0) is 43.3 Å². The van der Waals surface area contributed by atoms with E-state index in [1.54, 1.807) is 0 Å². The molecule has 16 bridgehead atoms. The molecule has 10 heterocycles. The van der Waals surface area contributed by atoms with Gasteiger partial charge in [0, 0.05) is 73.1 Å². The summed E-state index contributed by atoms with van der Waals surface area (Å²) in [6, 6.07) is 57.4. The average Bonchev–Trinajstić information content (AvgIpc) is 1.48. The Balaban J connectivity index is 1.08. The van der Waals surface area contributed by atoms with Gasteiger partial charge in [-0.05, 0) is 212 Å². The number of H-pyrrole nitrogens is 5. The number of Topliss-reactive ketones (excluding diaryl/α,β-unsaturated/α-hetero) is 1. The van der Waals surface area contributed by atoms with Gasteiger partial charge in [0.25, 0.3) is 5.78 Å². The number of aromatic nitrogens is 6. The highest BCUT2D eigenvalue weighted by Gasteiger charge is 2.35. The Labute approximate surface area is 660 Å². The lowest BCUT2D eigenvalue weighted by molar-refractivity contribution is 0.106. The molecule has 10 nitrogen and oxygen atoms in total. The zero-order valence-electron chi connectivity index (χ0n) is 70.1. The maximum Gasteiger partial charge on any atom is 0.377 e. The highest BCUT2D eigenvalue weighted by Crippen LogP contribution is 2.44. The van der Waals surface area contributed by atoms with Crippen molar-refractivity contribution in [1.29, 1.82) is 0 Å². The summed E-state index contributed by atoms with van der Waals surface area (Å²) in [6.07, 6.45) is 12.5. The summed E-state index contributed by atoms with van der Waals surface area (Å²) < 4.78 is 5.33. The van der Waals surface area contributed by atoms with E-state index in [-0.39, 0.29) is 54.5 Å². The van der Waals surface area contributed by atoms with Gasteiger partial charge in [-0.2, -0.15) is 0 Å². The van der Waals surface area contributed by atoms with Crippen LogP contribution in [0.2, 0.25) is 0 Å². The smallest absolute Gasteiger partial charge is 0.354 e. The van der Waals surface area contributed by atoms with Crippen molar-refractivity contribution in [3.8, 4) is 33.4 Å². The lowest BCUT2D eigenvalue weighted by atomic mass is 9.78. The van der Waals surface area contributed by atoms with Gasteiger partial charge in [-0.1, -0.05) is 262 Å². The highest BCUT2D eigenvalue weighted by atomic mass is 16.1. The SMILES string of the molecule is CC(C)(C)c1cc(C2=C3C=CC(=N3)C(c3cccc(-c4c5nc(c(-c6cc(C(C)(C)C)cc(C(C)(C)C)c6)c6ccc([nH]6)c(=O)c6ccc([nH]6)c(-c6cc(C(C)(C)C)cc(C(C)(C)C)c6)c6ccc4[nH]6)C=C5)c3)=c3ccc([nH]3)=C(c3cc(C(C)(C)C)cc(C(C)(C)C)c3)C3=[N+]=C(C=C3)C(=O)c3ccc2[nH]3)cc(C(C)(C)C)c1. The molecular formula is C102H109N8O2+. The number of aliphatic imine (C=N–C) groups is 1. The molecule has 0 saturated heterocycles. The number of ketones is 1. The van der Waals surface area contributed by atoms with Gasteiger partial charge in [-0.3, -0.25) is 9.59 Å². The third-order valence-electron chi connectivity index (χ3n) is 22.7. The van der Waals surface area contributed by atoms with E-state index in [0.717, 1.165) is 128 Å². The minimum absolute atomic E-state index is 0.146. The summed E-state index contributed by atoms with van der Waals surface area (Å²) in [5.74, 6) is -0.200. The maximum atomic E-state index is 15.2. The number of nitrogens with one attached hydrogen (secondary N) is 5. The fourth-order valence-electron chi connectivity index (χ4n) is 15.6. The summed E-state index contributed by atoms with van der Waals surface area (Å²) in [4.78, 5) is 61.2. The molecule has 112 heavy (non-hydrogen) atoms. The van der Waals surface area contributed by atoms with E-state index in [2.05, 4.69) is 343 Å². The second-order valence-corrected chi connectivity index (χ2v) is 39.8. The molecule has 5 aromatic carbocycles. The number of hydrogen-bond acceptors (Lipinski definition) is 4. The van der Waals surface area contributed by atoms with Crippen molar-refractivity contribution in [2.24, 2.45) is 4.99 Å². The number of hydrogen-bond donors (Lipinski definition) is 5. The molecule has 0 amide bonds. The predicted molar refractivity (Wildman–Crippen MR) is 474 cm³/mol. The zero-order valence-corrected chi connectivity index (χ0v) is 70.1. The third kappa shape index (κ3) is 14.6. The number of fused-ring (bicyclic) bond motifs is 13. The second kappa shape index (κ2) is 26.8. The summed E-state index contributed by atoms with van der Waals surface area (Å²) in [7, 11) is 0. The molecule has 11 aromatic rings. The van der Waals surface area contributed by atoms with Crippen molar-refractivity contribution in [2.75, 3.05) is 0 Å². The van der Waals surface area contributed by atoms with Gasteiger partial charge in [0.05, 0.1) is 50.4 Å². The number of aromatic amines is 5. The first-order chi connectivity index (χ1) is 52.3. The molecule has 0 radical (unpaired) electrons. The molecule has 5 N–H and O–H groups in total. The molecule has 0 atom stereocenters. The molecule has 6 aromatic heterocycles. The first kappa shape index (κ1) is 76.2. The first-order valence-corrected chi connectivity index (χ1v) is 39.8. The fraction of sp³-hybridized carbons (Fsp3) is 0.314. The molecule has 0 unspecified atom stereocenters. The van der Waals surface area contributed by atoms with Crippen LogP contribution in [-0.4, -0.2) is 52.8 Å². The summed E-state index contributed by atoms with van der Waals surface area (Å²) in [5, 5.41) is 1.68. The molecule has 10 heteroatoms. The van der Waals surface area contributed by atoms with E-state index in [4.69, 9.17) is 14.6 Å². The summed E-state index contributed by atoms with van der Waals surface area (Å²) in [6.45, 7) is 54.4. The molecule has 15 rings (SSSR count). The predicted octanol–water partition coefficient (Wildman–Crippen LogP) is 22.7. The van der Waals surface area contributed by atoms with E-state index in [9.17, 15) is 0 Å². The number of carbonyl (C=O) groups is 1. The van der Waals surface area contributed by atoms with Crippen LogP contribution in [0.5, 0.6) is 0 Å². The maximum absolute atomic E-state index is 15.2. The normalized spacial score (nSPS) is 14.9. The van der Waals surface area contributed by atoms with E-state index < -0.39 is 0 Å². The number of benzene rings is 5. The van der Waals surface area contributed by atoms with Crippen molar-refractivity contribution in [1.82, 2.24) is 34.6 Å². The number of carbonyl (C=O) groups excluding carboxylic acids is 1. The number of allylic oxidation sites excluding steroid dienone is 4. The van der Waals surface area contributed by atoms with Crippen LogP contribution in [0.1, 0.15) is 255 Å². The van der Waals surface area contributed by atoms with Crippen molar-refractivity contribution in [3.05, 3.63) is 293 Å². The standard InChI is InChI=1S/C102H108N8O2/c1-95(2,3)63-45-59(46-64(53-63)96(4,5)6)89-75-32-28-71(103-75)87(72-29-33-76(104-72)90(60-47-65(97(7,8)9)54-66(48-60)98(10,11)12)80-37-41-84(108-80)93(111)83-40-36-79(89)107-83)57-26-25-27-58(44-57)88-73-30-34-77(105-73)91(61-49-67(99(13,14)15)55-68(50-61)100(16,17)18)81-38-42-85(109-81)94(112)86-43-39-82(110-86)92(78-35-31-74(88)106-78)62-51-69(101(19,20)21)56-70(52-62)102(22,23)24/h25-56H,1-24H3,(H4,103,104,105,106,107,108,109,110,111,112)/p+1. The average molecular weight is 1480 g/mol. The van der Waals surface area contributed by atoms with Gasteiger partial charge >= 0.3 is 11.4 Å². The number of rotatable bonds is 6. The number of nitrogens with zero attached hydrogens (tertiary/aromatic N) is 3. The largest absolute Gasteiger partial charge is 0.377 e. The van der Waals surface area contributed by atoms with Crippen LogP contribution in [0, 0.1) is 0 Å². The van der Waals surface area contributed by atoms with Crippen molar-refractivity contribution in [2.45, 2.75) is 209 Å². The van der Waals surface area contributed by atoms with Gasteiger partial charge < -0.3 is 24.9 Å². The highest BCUT2D eigenvalue weighted by molar-refractivity contribution is 6.52. The van der Waals surface area contributed by atoms with Crippen LogP contribution in [0.3, 0.4) is 0 Å². The Kier molecular flexibility index (Phi) is 18.2. The lowest BCUT2D eigenvalue weighted by Gasteiger charge is -2.27. The van der Waals surface area contributed by atoms with Gasteiger partial charge in [-0.15, -0.1) is 0 Å². The van der Waals surface area contributed by atoms with Crippen molar-refractivity contribution < 1.29 is 4.79 Å². The third-order valence-corrected chi connectivity index (χ3v) is 22.7. The molecule has 0 aliphatic carbocycles. The minimum atomic E-state index is -0.200. The molecule has 4 aliphatic rings. The Morgan fingerprint density at radius 1 is 0.286 bits per heavy atom. The molecule has 4 aliphatic heterocycles. The second-order valence-electron chi connectivity index (χ2n) is 39.8. The zero-order chi connectivity index (χ0) is 80.2.